The summed E-state index contributed by atoms with van der Waals surface area (Å²) < 4.78 is 0. The Balaban J connectivity index is 2.43. The summed E-state index contributed by atoms with van der Waals surface area (Å²) in [6.07, 6.45) is 1.27. The van der Waals surface area contributed by atoms with Gasteiger partial charge in [-0.25, -0.2) is 4.79 Å². The van der Waals surface area contributed by atoms with Crippen LogP contribution >= 0.6 is 0 Å². The number of carboxylic acids is 1. The molecule has 106 valence electrons. The number of anilines is 1. The molecule has 0 spiro atoms. The van der Waals surface area contributed by atoms with Gasteiger partial charge in [-0.05, 0) is 31.9 Å². The molecule has 0 aromatic heterocycles. The van der Waals surface area contributed by atoms with Gasteiger partial charge in [-0.1, -0.05) is 0 Å². The van der Waals surface area contributed by atoms with E-state index in [4.69, 9.17) is 5.11 Å². The maximum atomic E-state index is 11.5. The SMILES string of the molecule is CC(=O)c1cc(N2CCCC2C(=O)O)ccc1[N+](=O)[O-]. The van der Waals surface area contributed by atoms with Crippen LogP contribution in [-0.2, 0) is 4.79 Å². The van der Waals surface area contributed by atoms with Gasteiger partial charge in [0.1, 0.15) is 6.04 Å². The van der Waals surface area contributed by atoms with E-state index in [1.165, 1.54) is 25.1 Å². The highest BCUT2D eigenvalue weighted by atomic mass is 16.6. The van der Waals surface area contributed by atoms with Gasteiger partial charge in [-0.2, -0.15) is 0 Å². The number of hydrogen-bond donors (Lipinski definition) is 1. The fraction of sp³-hybridized carbons (Fsp3) is 0.385. The second-order valence-corrected chi connectivity index (χ2v) is 4.70. The van der Waals surface area contributed by atoms with Gasteiger partial charge in [-0.15, -0.1) is 0 Å². The minimum atomic E-state index is -0.926. The molecule has 1 aromatic rings. The molecule has 0 radical (unpaired) electrons. The predicted octanol–water partition coefficient (Wildman–Crippen LogP) is 1.85. The Kier molecular flexibility index (Phi) is 3.69. The van der Waals surface area contributed by atoms with Crippen molar-refractivity contribution in [3.8, 4) is 0 Å². The smallest absolute Gasteiger partial charge is 0.326 e. The Labute approximate surface area is 115 Å². The average Bonchev–Trinajstić information content (AvgIpc) is 2.87. The van der Waals surface area contributed by atoms with E-state index in [0.29, 0.717) is 18.7 Å². The van der Waals surface area contributed by atoms with Gasteiger partial charge >= 0.3 is 5.97 Å². The summed E-state index contributed by atoms with van der Waals surface area (Å²) in [7, 11) is 0. The molecule has 0 amide bonds. The van der Waals surface area contributed by atoms with Crippen molar-refractivity contribution in [3.63, 3.8) is 0 Å². The van der Waals surface area contributed by atoms with Gasteiger partial charge in [0.05, 0.1) is 10.5 Å². The number of nitro groups is 1. The van der Waals surface area contributed by atoms with Crippen LogP contribution in [0.1, 0.15) is 30.1 Å². The molecule has 0 bridgehead atoms. The van der Waals surface area contributed by atoms with E-state index in [1.807, 2.05) is 0 Å². The Hall–Kier alpha value is -2.44. The normalized spacial score (nSPS) is 18.1. The highest BCUT2D eigenvalue weighted by Gasteiger charge is 2.31. The van der Waals surface area contributed by atoms with Gasteiger partial charge in [0.25, 0.3) is 5.69 Å². The van der Waals surface area contributed by atoms with E-state index in [9.17, 15) is 19.7 Å². The number of carboxylic acid groups (broad SMARTS) is 1. The van der Waals surface area contributed by atoms with Crippen molar-refractivity contribution in [2.45, 2.75) is 25.8 Å². The van der Waals surface area contributed by atoms with E-state index in [1.54, 1.807) is 4.90 Å². The minimum Gasteiger partial charge on any atom is -0.480 e. The summed E-state index contributed by atoms with van der Waals surface area (Å²) in [6, 6.07) is 3.51. The summed E-state index contributed by atoms with van der Waals surface area (Å²) in [5, 5.41) is 20.0. The van der Waals surface area contributed by atoms with Crippen molar-refractivity contribution < 1.29 is 19.6 Å². The number of ketones is 1. The number of nitrogens with zero attached hydrogens (tertiary/aromatic N) is 2. The van der Waals surface area contributed by atoms with Crippen molar-refractivity contribution >= 4 is 23.1 Å². The monoisotopic (exact) mass is 278 g/mol. The molecule has 1 saturated heterocycles. The molecule has 7 nitrogen and oxygen atoms in total. The van der Waals surface area contributed by atoms with E-state index >= 15 is 0 Å². The number of rotatable bonds is 4. The summed E-state index contributed by atoms with van der Waals surface area (Å²) in [6.45, 7) is 1.82. The lowest BCUT2D eigenvalue weighted by molar-refractivity contribution is -0.385. The van der Waals surface area contributed by atoms with Crippen LogP contribution in [0.25, 0.3) is 0 Å². The Bertz CT molecular complexity index is 584. The van der Waals surface area contributed by atoms with E-state index in [2.05, 4.69) is 0 Å². The molecule has 0 aliphatic carbocycles. The number of carbonyl (C=O) groups is 2. The van der Waals surface area contributed by atoms with Gasteiger partial charge in [-0.3, -0.25) is 14.9 Å². The number of benzene rings is 1. The molecule has 2 rings (SSSR count). The average molecular weight is 278 g/mol. The third-order valence-electron chi connectivity index (χ3n) is 3.43. The van der Waals surface area contributed by atoms with E-state index < -0.39 is 22.7 Å². The third-order valence-corrected chi connectivity index (χ3v) is 3.43. The van der Waals surface area contributed by atoms with Crippen LogP contribution in [0.5, 0.6) is 0 Å². The number of hydrogen-bond acceptors (Lipinski definition) is 5. The van der Waals surface area contributed by atoms with Crippen LogP contribution < -0.4 is 4.90 Å². The van der Waals surface area contributed by atoms with Crippen molar-refractivity contribution in [2.24, 2.45) is 0 Å². The highest BCUT2D eigenvalue weighted by molar-refractivity contribution is 5.99. The summed E-state index contributed by atoms with van der Waals surface area (Å²) in [5.41, 5.74) is 0.279. The molecule has 1 N–H and O–H groups in total. The Morgan fingerprint density at radius 1 is 1.45 bits per heavy atom. The lowest BCUT2D eigenvalue weighted by atomic mass is 10.1. The second kappa shape index (κ2) is 5.28. The van der Waals surface area contributed by atoms with Crippen LogP contribution in [-0.4, -0.2) is 34.4 Å². The molecular weight excluding hydrogens is 264 g/mol. The topological polar surface area (TPSA) is 101 Å². The molecule has 7 heteroatoms. The Morgan fingerprint density at radius 3 is 2.70 bits per heavy atom. The second-order valence-electron chi connectivity index (χ2n) is 4.70. The lowest BCUT2D eigenvalue weighted by Crippen LogP contribution is -2.35. The van der Waals surface area contributed by atoms with Gasteiger partial charge in [0.2, 0.25) is 0 Å². The zero-order valence-corrected chi connectivity index (χ0v) is 10.9. The summed E-state index contributed by atoms with van der Waals surface area (Å²) >= 11 is 0. The summed E-state index contributed by atoms with van der Waals surface area (Å²) in [5.74, 6) is -1.34. The maximum absolute atomic E-state index is 11.5. The molecule has 1 atom stereocenters. The molecule has 1 aliphatic heterocycles. The first-order valence-electron chi connectivity index (χ1n) is 6.20. The number of nitro benzene ring substituents is 1. The molecule has 1 unspecified atom stereocenters. The first-order chi connectivity index (χ1) is 9.41. The molecule has 0 saturated carbocycles. The minimum absolute atomic E-state index is 0.00328. The Morgan fingerprint density at radius 2 is 2.15 bits per heavy atom. The molecule has 1 heterocycles. The van der Waals surface area contributed by atoms with Crippen molar-refractivity contribution in [1.29, 1.82) is 0 Å². The summed E-state index contributed by atoms with van der Waals surface area (Å²) in [4.78, 5) is 34.6. The highest BCUT2D eigenvalue weighted by Crippen LogP contribution is 2.30. The number of aliphatic carboxylic acids is 1. The van der Waals surface area contributed by atoms with Crippen LogP contribution in [0.15, 0.2) is 18.2 Å². The van der Waals surface area contributed by atoms with Crippen LogP contribution in [0, 0.1) is 10.1 Å². The van der Waals surface area contributed by atoms with Gasteiger partial charge < -0.3 is 10.0 Å². The zero-order valence-electron chi connectivity index (χ0n) is 10.9. The zero-order chi connectivity index (χ0) is 14.9. The van der Waals surface area contributed by atoms with Crippen molar-refractivity contribution in [1.82, 2.24) is 0 Å². The van der Waals surface area contributed by atoms with E-state index in [-0.39, 0.29) is 11.3 Å². The first kappa shape index (κ1) is 14.0. The van der Waals surface area contributed by atoms with Gasteiger partial charge in [0, 0.05) is 18.3 Å². The number of carbonyl (C=O) groups excluding carboxylic acids is 1. The van der Waals surface area contributed by atoms with Crippen molar-refractivity contribution in [2.75, 3.05) is 11.4 Å². The van der Waals surface area contributed by atoms with Gasteiger partial charge in [0.15, 0.2) is 5.78 Å². The fourth-order valence-electron chi connectivity index (χ4n) is 2.48. The van der Waals surface area contributed by atoms with Crippen LogP contribution in [0.4, 0.5) is 11.4 Å². The third kappa shape index (κ3) is 2.47. The maximum Gasteiger partial charge on any atom is 0.326 e. The fourth-order valence-corrected chi connectivity index (χ4v) is 2.48. The molecule has 1 fully saturated rings. The number of Topliss-reactive ketones (excluding diaryl/α,β-unsaturated/α-hetero) is 1. The van der Waals surface area contributed by atoms with Crippen LogP contribution in [0.2, 0.25) is 0 Å². The lowest BCUT2D eigenvalue weighted by Gasteiger charge is -2.23. The van der Waals surface area contributed by atoms with Crippen LogP contribution in [0.3, 0.4) is 0 Å². The largest absolute Gasteiger partial charge is 0.480 e. The molecule has 1 aromatic carbocycles. The quantitative estimate of drug-likeness (QED) is 0.512. The molecule has 1 aliphatic rings. The predicted molar refractivity (Wildman–Crippen MR) is 71.1 cm³/mol. The molecular formula is C13H14N2O5. The van der Waals surface area contributed by atoms with Crippen molar-refractivity contribution in [3.05, 3.63) is 33.9 Å². The first-order valence-corrected chi connectivity index (χ1v) is 6.20. The standard InChI is InChI=1S/C13H14N2O5/c1-8(16)10-7-9(4-5-11(10)15(19)20)14-6-2-3-12(14)13(17)18/h4-5,7,12H,2-3,6H2,1H3,(H,17,18). The van der Waals surface area contributed by atoms with E-state index in [0.717, 1.165) is 6.42 Å². The molecule has 20 heavy (non-hydrogen) atoms.